The number of carbonyl (C=O) groups is 1. The summed E-state index contributed by atoms with van der Waals surface area (Å²) < 4.78 is 4.70. The minimum Gasteiger partial charge on any atom is -0.465 e. The normalized spacial score (nSPS) is 9.85. The highest BCUT2D eigenvalue weighted by molar-refractivity contribution is 5.91. The second kappa shape index (κ2) is 6.00. The molecule has 0 radical (unpaired) electrons. The van der Waals surface area contributed by atoms with Crippen LogP contribution < -0.4 is 0 Å². The van der Waals surface area contributed by atoms with Crippen LogP contribution in [0.25, 0.3) is 11.1 Å². The number of aliphatic hydroxyl groups excluding tert-OH is 1. The summed E-state index contributed by atoms with van der Waals surface area (Å²) in [5, 5.41) is 18.2. The van der Waals surface area contributed by atoms with Crippen LogP contribution in [0.2, 0.25) is 0 Å². The lowest BCUT2D eigenvalue weighted by Gasteiger charge is -2.08. The molecule has 0 atom stereocenters. The van der Waals surface area contributed by atoms with Gasteiger partial charge in [-0.15, -0.1) is 0 Å². The van der Waals surface area contributed by atoms with Crippen molar-refractivity contribution in [3.05, 3.63) is 59.2 Å². The van der Waals surface area contributed by atoms with E-state index in [1.807, 2.05) is 6.07 Å². The maximum Gasteiger partial charge on any atom is 0.337 e. The van der Waals surface area contributed by atoms with E-state index in [2.05, 4.69) is 6.07 Å². The van der Waals surface area contributed by atoms with Gasteiger partial charge in [0.05, 0.1) is 30.9 Å². The Bertz CT molecular complexity index is 686. The first-order valence-electron chi connectivity index (χ1n) is 6.01. The topological polar surface area (TPSA) is 70.3 Å². The fourth-order valence-corrected chi connectivity index (χ4v) is 1.95. The van der Waals surface area contributed by atoms with E-state index in [1.165, 1.54) is 7.11 Å². The molecule has 2 rings (SSSR count). The van der Waals surface area contributed by atoms with Crippen molar-refractivity contribution in [1.82, 2.24) is 0 Å². The molecule has 0 aliphatic carbocycles. The van der Waals surface area contributed by atoms with Crippen molar-refractivity contribution in [2.45, 2.75) is 6.61 Å². The van der Waals surface area contributed by atoms with E-state index >= 15 is 0 Å². The SMILES string of the molecule is COC(=O)c1cc(CO)cc(-c2cccc(C#N)c2)c1. The Balaban J connectivity index is 2.55. The number of nitrogens with zero attached hydrogens (tertiary/aromatic N) is 1. The zero-order chi connectivity index (χ0) is 14.5. The molecular formula is C16H13NO3. The average Bonchev–Trinajstić information content (AvgIpc) is 2.53. The van der Waals surface area contributed by atoms with Crippen LogP contribution in [0.1, 0.15) is 21.5 Å². The Morgan fingerprint density at radius 1 is 1.25 bits per heavy atom. The van der Waals surface area contributed by atoms with Crippen LogP contribution in [0.3, 0.4) is 0 Å². The number of aliphatic hydroxyl groups is 1. The number of carbonyl (C=O) groups excluding carboxylic acids is 1. The molecule has 4 nitrogen and oxygen atoms in total. The Kier molecular flexibility index (Phi) is 4.14. The lowest BCUT2D eigenvalue weighted by atomic mass is 9.98. The number of hydrogen-bond donors (Lipinski definition) is 1. The summed E-state index contributed by atoms with van der Waals surface area (Å²) in [6, 6.07) is 14.2. The summed E-state index contributed by atoms with van der Waals surface area (Å²) in [6.45, 7) is -0.171. The Labute approximate surface area is 116 Å². The van der Waals surface area contributed by atoms with E-state index in [1.54, 1.807) is 36.4 Å². The van der Waals surface area contributed by atoms with Crippen molar-refractivity contribution in [2.24, 2.45) is 0 Å². The third kappa shape index (κ3) is 2.85. The molecule has 0 heterocycles. The van der Waals surface area contributed by atoms with Gasteiger partial charge in [0.25, 0.3) is 0 Å². The zero-order valence-electron chi connectivity index (χ0n) is 11.0. The van der Waals surface area contributed by atoms with Crippen molar-refractivity contribution in [2.75, 3.05) is 7.11 Å². The molecular weight excluding hydrogens is 254 g/mol. The number of esters is 1. The van der Waals surface area contributed by atoms with E-state index < -0.39 is 5.97 Å². The molecule has 0 aromatic heterocycles. The van der Waals surface area contributed by atoms with E-state index in [-0.39, 0.29) is 6.61 Å². The molecule has 0 saturated carbocycles. The van der Waals surface area contributed by atoms with Crippen molar-refractivity contribution in [1.29, 1.82) is 5.26 Å². The molecule has 2 aromatic rings. The van der Waals surface area contributed by atoms with Crippen LogP contribution in [-0.4, -0.2) is 18.2 Å². The van der Waals surface area contributed by atoms with Crippen LogP contribution >= 0.6 is 0 Å². The average molecular weight is 267 g/mol. The van der Waals surface area contributed by atoms with E-state index in [4.69, 9.17) is 10.00 Å². The molecule has 0 aliphatic heterocycles. The largest absolute Gasteiger partial charge is 0.465 e. The lowest BCUT2D eigenvalue weighted by molar-refractivity contribution is 0.0600. The van der Waals surface area contributed by atoms with Gasteiger partial charge in [-0.3, -0.25) is 0 Å². The van der Waals surface area contributed by atoms with Crippen molar-refractivity contribution in [3.63, 3.8) is 0 Å². The smallest absolute Gasteiger partial charge is 0.337 e. The highest BCUT2D eigenvalue weighted by Crippen LogP contribution is 2.24. The van der Waals surface area contributed by atoms with Gasteiger partial charge >= 0.3 is 5.97 Å². The second-order valence-electron chi connectivity index (χ2n) is 4.26. The molecule has 0 unspecified atom stereocenters. The molecule has 20 heavy (non-hydrogen) atoms. The predicted molar refractivity (Wildman–Crippen MR) is 73.9 cm³/mol. The van der Waals surface area contributed by atoms with Crippen LogP contribution in [-0.2, 0) is 11.3 Å². The number of ether oxygens (including phenoxy) is 1. The first-order chi connectivity index (χ1) is 9.67. The maximum atomic E-state index is 11.6. The number of rotatable bonds is 3. The van der Waals surface area contributed by atoms with Gasteiger partial charge in [0.2, 0.25) is 0 Å². The van der Waals surface area contributed by atoms with Gasteiger partial charge in [-0.05, 0) is 47.0 Å². The highest BCUT2D eigenvalue weighted by Gasteiger charge is 2.10. The third-order valence-electron chi connectivity index (χ3n) is 2.92. The van der Waals surface area contributed by atoms with Crippen molar-refractivity contribution >= 4 is 5.97 Å². The minimum atomic E-state index is -0.460. The Morgan fingerprint density at radius 2 is 2.05 bits per heavy atom. The van der Waals surface area contributed by atoms with E-state index in [9.17, 15) is 9.90 Å². The minimum absolute atomic E-state index is 0.171. The van der Waals surface area contributed by atoms with Gasteiger partial charge in [-0.2, -0.15) is 5.26 Å². The number of nitriles is 1. The molecule has 1 N–H and O–H groups in total. The fraction of sp³-hybridized carbons (Fsp3) is 0.125. The van der Waals surface area contributed by atoms with Crippen LogP contribution in [0.15, 0.2) is 42.5 Å². The molecule has 0 spiro atoms. The van der Waals surface area contributed by atoms with Gasteiger partial charge in [0.1, 0.15) is 0 Å². The first kappa shape index (κ1) is 13.8. The quantitative estimate of drug-likeness (QED) is 0.867. The molecule has 0 saturated heterocycles. The summed E-state index contributed by atoms with van der Waals surface area (Å²) >= 11 is 0. The molecule has 4 heteroatoms. The monoisotopic (exact) mass is 267 g/mol. The Hall–Kier alpha value is -2.64. The highest BCUT2D eigenvalue weighted by atomic mass is 16.5. The van der Waals surface area contributed by atoms with E-state index in [0.717, 1.165) is 11.1 Å². The molecule has 0 amide bonds. The summed E-state index contributed by atoms with van der Waals surface area (Å²) in [5.74, 6) is -0.460. The number of hydrogen-bond acceptors (Lipinski definition) is 4. The zero-order valence-corrected chi connectivity index (χ0v) is 11.0. The molecule has 100 valence electrons. The van der Waals surface area contributed by atoms with Gasteiger partial charge in [0, 0.05) is 0 Å². The standard InChI is InChI=1S/C16H13NO3/c1-20-16(19)15-7-12(10-18)6-14(8-15)13-4-2-3-11(5-13)9-17/h2-8,18H,10H2,1H3. The van der Waals surface area contributed by atoms with Gasteiger partial charge < -0.3 is 9.84 Å². The number of methoxy groups -OCH3 is 1. The summed E-state index contributed by atoms with van der Waals surface area (Å²) in [5.41, 5.74) is 3.09. The van der Waals surface area contributed by atoms with Crippen LogP contribution in [0.4, 0.5) is 0 Å². The predicted octanol–water partition coefficient (Wildman–Crippen LogP) is 2.50. The first-order valence-corrected chi connectivity index (χ1v) is 6.01. The van der Waals surface area contributed by atoms with Gasteiger partial charge in [-0.25, -0.2) is 4.79 Å². The van der Waals surface area contributed by atoms with Gasteiger partial charge in [0.15, 0.2) is 0 Å². The third-order valence-corrected chi connectivity index (χ3v) is 2.92. The summed E-state index contributed by atoms with van der Waals surface area (Å²) in [7, 11) is 1.31. The van der Waals surface area contributed by atoms with Crippen molar-refractivity contribution < 1.29 is 14.6 Å². The van der Waals surface area contributed by atoms with Crippen LogP contribution in [0.5, 0.6) is 0 Å². The summed E-state index contributed by atoms with van der Waals surface area (Å²) in [6.07, 6.45) is 0. The van der Waals surface area contributed by atoms with Crippen LogP contribution in [0, 0.1) is 11.3 Å². The number of benzene rings is 2. The van der Waals surface area contributed by atoms with Crippen molar-refractivity contribution in [3.8, 4) is 17.2 Å². The second-order valence-corrected chi connectivity index (χ2v) is 4.26. The molecule has 0 aliphatic rings. The maximum absolute atomic E-state index is 11.6. The summed E-state index contributed by atoms with van der Waals surface area (Å²) in [4.78, 5) is 11.6. The van der Waals surface area contributed by atoms with Gasteiger partial charge in [-0.1, -0.05) is 12.1 Å². The molecule has 0 bridgehead atoms. The van der Waals surface area contributed by atoms with E-state index in [0.29, 0.717) is 16.7 Å². The molecule has 2 aromatic carbocycles. The lowest BCUT2D eigenvalue weighted by Crippen LogP contribution is -2.02. The Morgan fingerprint density at radius 3 is 2.70 bits per heavy atom. The fourth-order valence-electron chi connectivity index (χ4n) is 1.95. The molecule has 0 fully saturated rings.